The molecule has 0 atom stereocenters. The molecule has 0 aliphatic carbocycles. The van der Waals surface area contributed by atoms with Gasteiger partial charge in [0.05, 0.1) is 0 Å². The average molecular weight is 190 g/mol. The van der Waals surface area contributed by atoms with E-state index in [-0.39, 0.29) is 5.91 Å². The topological polar surface area (TPSA) is 41.1 Å². The number of hydrogen-bond acceptors (Lipinski definition) is 2. The number of benzene rings is 1. The maximum Gasteiger partial charge on any atom is 0.217 e. The summed E-state index contributed by atoms with van der Waals surface area (Å²) in [5.74, 6) is 0.0125. The minimum atomic E-state index is 0.0125. The van der Waals surface area contributed by atoms with Crippen LogP contribution >= 0.6 is 0 Å². The van der Waals surface area contributed by atoms with E-state index in [1.54, 1.807) is 0 Å². The molecule has 1 amide bonds. The molecule has 14 heavy (non-hydrogen) atoms. The molecular formula is C11H14N2O. The normalized spacial score (nSPS) is 13.2. The molecule has 1 aliphatic heterocycles. The number of anilines is 1. The zero-order valence-electron chi connectivity index (χ0n) is 8.26. The predicted molar refractivity (Wildman–Crippen MR) is 56.2 cm³/mol. The van der Waals surface area contributed by atoms with Gasteiger partial charge in [0.2, 0.25) is 5.91 Å². The van der Waals surface area contributed by atoms with E-state index in [2.05, 4.69) is 28.8 Å². The molecule has 0 aromatic heterocycles. The second kappa shape index (κ2) is 3.70. The van der Waals surface area contributed by atoms with E-state index < -0.39 is 0 Å². The third-order valence-electron chi connectivity index (χ3n) is 2.43. The molecule has 1 aromatic rings. The number of nitrogens with one attached hydrogen (secondary N) is 2. The summed E-state index contributed by atoms with van der Waals surface area (Å²) in [6.07, 6.45) is 1.11. The summed E-state index contributed by atoms with van der Waals surface area (Å²) in [4.78, 5) is 10.7. The Labute approximate surface area is 83.5 Å². The minimum absolute atomic E-state index is 0.0125. The van der Waals surface area contributed by atoms with Crippen LogP contribution in [-0.4, -0.2) is 12.5 Å². The van der Waals surface area contributed by atoms with Crippen molar-refractivity contribution in [2.45, 2.75) is 19.9 Å². The summed E-state index contributed by atoms with van der Waals surface area (Å²) in [7, 11) is 0. The summed E-state index contributed by atoms with van der Waals surface area (Å²) < 4.78 is 0. The Bertz CT molecular complexity index is 360. The number of fused-ring (bicyclic) bond motifs is 1. The maximum atomic E-state index is 10.7. The van der Waals surface area contributed by atoms with E-state index in [1.807, 2.05) is 0 Å². The van der Waals surface area contributed by atoms with Crippen LogP contribution in [0.4, 0.5) is 5.69 Å². The minimum Gasteiger partial charge on any atom is -0.384 e. The lowest BCUT2D eigenvalue weighted by molar-refractivity contribution is -0.119. The van der Waals surface area contributed by atoms with Gasteiger partial charge in [-0.3, -0.25) is 4.79 Å². The quantitative estimate of drug-likeness (QED) is 0.737. The Balaban J connectivity index is 2.09. The first-order valence-electron chi connectivity index (χ1n) is 4.86. The third kappa shape index (κ3) is 1.87. The molecule has 0 spiro atoms. The second-order valence-electron chi connectivity index (χ2n) is 3.58. The van der Waals surface area contributed by atoms with Crippen LogP contribution < -0.4 is 10.6 Å². The van der Waals surface area contributed by atoms with Gasteiger partial charge in [-0.05, 0) is 23.6 Å². The fourth-order valence-corrected chi connectivity index (χ4v) is 1.67. The van der Waals surface area contributed by atoms with Gasteiger partial charge in [0.1, 0.15) is 0 Å². The number of hydrogen-bond donors (Lipinski definition) is 2. The van der Waals surface area contributed by atoms with E-state index in [1.165, 1.54) is 18.2 Å². The Kier molecular flexibility index (Phi) is 2.39. The number of rotatable bonds is 2. The molecule has 1 aliphatic rings. The molecular weight excluding hydrogens is 176 g/mol. The molecule has 0 unspecified atom stereocenters. The van der Waals surface area contributed by atoms with Crippen molar-refractivity contribution in [3.8, 4) is 0 Å². The van der Waals surface area contributed by atoms with Crippen molar-refractivity contribution in [3.05, 3.63) is 29.3 Å². The summed E-state index contributed by atoms with van der Waals surface area (Å²) in [6.45, 7) is 3.18. The summed E-state index contributed by atoms with van der Waals surface area (Å²) in [5, 5.41) is 6.10. The lowest BCUT2D eigenvalue weighted by Crippen LogP contribution is -2.18. The molecule has 0 bridgehead atoms. The summed E-state index contributed by atoms with van der Waals surface area (Å²) in [5.41, 5.74) is 3.73. The molecule has 74 valence electrons. The highest BCUT2D eigenvalue weighted by atomic mass is 16.1. The average Bonchev–Trinajstić information content (AvgIpc) is 2.61. The van der Waals surface area contributed by atoms with Crippen molar-refractivity contribution >= 4 is 11.6 Å². The fraction of sp³-hybridized carbons (Fsp3) is 0.364. The smallest absolute Gasteiger partial charge is 0.217 e. The number of carbonyl (C=O) groups is 1. The molecule has 0 fully saturated rings. The van der Waals surface area contributed by atoms with Crippen LogP contribution in [0.25, 0.3) is 0 Å². The first-order chi connectivity index (χ1) is 6.75. The van der Waals surface area contributed by atoms with Crippen molar-refractivity contribution < 1.29 is 4.79 Å². The van der Waals surface area contributed by atoms with Crippen molar-refractivity contribution in [1.82, 2.24) is 5.32 Å². The van der Waals surface area contributed by atoms with Crippen LogP contribution in [0.3, 0.4) is 0 Å². The highest BCUT2D eigenvalue weighted by Gasteiger charge is 2.09. The van der Waals surface area contributed by atoms with Crippen molar-refractivity contribution in [2.24, 2.45) is 0 Å². The Morgan fingerprint density at radius 1 is 1.57 bits per heavy atom. The van der Waals surface area contributed by atoms with Gasteiger partial charge in [-0.2, -0.15) is 0 Å². The molecule has 0 saturated carbocycles. The van der Waals surface area contributed by atoms with Gasteiger partial charge in [-0.25, -0.2) is 0 Å². The maximum absolute atomic E-state index is 10.7. The third-order valence-corrected chi connectivity index (χ3v) is 2.43. The van der Waals surface area contributed by atoms with Crippen LogP contribution in [0.1, 0.15) is 18.1 Å². The van der Waals surface area contributed by atoms with Gasteiger partial charge >= 0.3 is 0 Å². The zero-order chi connectivity index (χ0) is 9.97. The molecule has 2 rings (SSSR count). The predicted octanol–water partition coefficient (Wildman–Crippen LogP) is 1.29. The van der Waals surface area contributed by atoms with Crippen molar-refractivity contribution in [3.63, 3.8) is 0 Å². The van der Waals surface area contributed by atoms with Crippen LogP contribution in [0.2, 0.25) is 0 Å². The van der Waals surface area contributed by atoms with E-state index in [0.717, 1.165) is 18.5 Å². The van der Waals surface area contributed by atoms with Gasteiger partial charge in [0.15, 0.2) is 0 Å². The lowest BCUT2D eigenvalue weighted by Gasteiger charge is -2.05. The highest BCUT2D eigenvalue weighted by Crippen LogP contribution is 2.22. The second-order valence-corrected chi connectivity index (χ2v) is 3.58. The largest absolute Gasteiger partial charge is 0.384 e. The van der Waals surface area contributed by atoms with Gasteiger partial charge in [-0.1, -0.05) is 12.1 Å². The van der Waals surface area contributed by atoms with E-state index in [0.29, 0.717) is 6.54 Å². The zero-order valence-corrected chi connectivity index (χ0v) is 8.26. The van der Waals surface area contributed by atoms with Crippen molar-refractivity contribution in [1.29, 1.82) is 0 Å². The molecule has 1 aromatic carbocycles. The van der Waals surface area contributed by atoms with Gasteiger partial charge in [-0.15, -0.1) is 0 Å². The Hall–Kier alpha value is -1.51. The van der Waals surface area contributed by atoms with Crippen LogP contribution in [0.15, 0.2) is 18.2 Å². The monoisotopic (exact) mass is 190 g/mol. The van der Waals surface area contributed by atoms with Crippen LogP contribution in [0, 0.1) is 0 Å². The summed E-state index contributed by atoms with van der Waals surface area (Å²) in [6, 6.07) is 6.31. The van der Waals surface area contributed by atoms with Gasteiger partial charge in [0, 0.05) is 25.7 Å². The highest BCUT2D eigenvalue weighted by molar-refractivity contribution is 5.72. The molecule has 3 heteroatoms. The van der Waals surface area contributed by atoms with E-state index >= 15 is 0 Å². The lowest BCUT2D eigenvalue weighted by atomic mass is 10.1. The van der Waals surface area contributed by atoms with E-state index in [4.69, 9.17) is 0 Å². The first kappa shape index (κ1) is 9.06. The Morgan fingerprint density at radius 3 is 3.21 bits per heavy atom. The molecule has 0 radical (unpaired) electrons. The number of carbonyl (C=O) groups excluding carboxylic acids is 1. The van der Waals surface area contributed by atoms with Crippen LogP contribution in [-0.2, 0) is 17.8 Å². The molecule has 3 nitrogen and oxygen atoms in total. The van der Waals surface area contributed by atoms with Crippen LogP contribution in [0.5, 0.6) is 0 Å². The SMILES string of the molecule is CC(=O)NCc1ccc2c(c1)NCC2. The number of amides is 1. The Morgan fingerprint density at radius 2 is 2.43 bits per heavy atom. The van der Waals surface area contributed by atoms with E-state index in [9.17, 15) is 4.79 Å². The van der Waals surface area contributed by atoms with Crippen molar-refractivity contribution in [2.75, 3.05) is 11.9 Å². The molecule has 2 N–H and O–H groups in total. The standard InChI is InChI=1S/C11H14N2O/c1-8(14)13-7-9-2-3-10-4-5-12-11(10)6-9/h2-3,6,12H,4-5,7H2,1H3,(H,13,14). The van der Waals surface area contributed by atoms with Gasteiger partial charge in [0.25, 0.3) is 0 Å². The fourth-order valence-electron chi connectivity index (χ4n) is 1.67. The van der Waals surface area contributed by atoms with Gasteiger partial charge < -0.3 is 10.6 Å². The first-order valence-corrected chi connectivity index (χ1v) is 4.86. The molecule has 0 saturated heterocycles. The molecule has 1 heterocycles. The summed E-state index contributed by atoms with van der Waals surface area (Å²) >= 11 is 0.